The van der Waals surface area contributed by atoms with E-state index in [1.165, 1.54) is 0 Å². The normalized spacial score (nSPS) is 10.4. The van der Waals surface area contributed by atoms with Crippen molar-refractivity contribution in [2.75, 3.05) is 27.2 Å². The summed E-state index contributed by atoms with van der Waals surface area (Å²) >= 11 is 0. The zero-order chi connectivity index (χ0) is 9.78. The molecule has 0 aromatic carbocycles. The number of nitrogens with zero attached hydrogens (tertiary/aromatic N) is 1. The van der Waals surface area contributed by atoms with Gasteiger partial charge in [0.1, 0.15) is 13.1 Å². The Hall–Kier alpha value is -1.27. The van der Waals surface area contributed by atoms with E-state index in [4.69, 9.17) is 11.5 Å². The number of rotatable bonds is 4. The highest BCUT2D eigenvalue weighted by molar-refractivity contribution is 5.85. The molecule has 0 saturated carbocycles. The number of hydrogen-bond donors (Lipinski definition) is 1. The van der Waals surface area contributed by atoms with Crippen molar-refractivity contribution in [2.24, 2.45) is 0 Å². The molecule has 66 valence electrons. The zero-order valence-electron chi connectivity index (χ0n) is 7.50. The Morgan fingerprint density at radius 2 is 2.17 bits per heavy atom. The van der Waals surface area contributed by atoms with Gasteiger partial charge in [-0.05, 0) is 5.92 Å². The Kier molecular flexibility index (Phi) is 3.52. The van der Waals surface area contributed by atoms with Gasteiger partial charge in [0.25, 0.3) is 0 Å². The Morgan fingerprint density at radius 3 is 2.50 bits per heavy atom. The first-order valence-electron chi connectivity index (χ1n) is 3.55. The topological polar surface area (TPSA) is 37.3 Å². The Labute approximate surface area is 72.9 Å². The lowest BCUT2D eigenvalue weighted by Gasteiger charge is -2.27. The molecule has 0 heterocycles. The fourth-order valence-electron chi connectivity index (χ4n) is 0.887. The van der Waals surface area contributed by atoms with E-state index in [1.54, 1.807) is 0 Å². The van der Waals surface area contributed by atoms with E-state index in [9.17, 15) is 4.79 Å². The minimum atomic E-state index is -0.960. The first kappa shape index (κ1) is 10.7. The summed E-state index contributed by atoms with van der Waals surface area (Å²) in [5, 5.41) is 8.55. The summed E-state index contributed by atoms with van der Waals surface area (Å²) in [5.74, 6) is 1.53. The van der Waals surface area contributed by atoms with Crippen LogP contribution in [0.5, 0.6) is 0 Å². The number of terminal acetylenes is 1. The van der Waals surface area contributed by atoms with Crippen LogP contribution in [-0.2, 0) is 4.79 Å². The van der Waals surface area contributed by atoms with Crippen molar-refractivity contribution in [3.05, 3.63) is 12.2 Å². The number of likely N-dealkylation sites (N-methyl/N-ethyl adjacent to an activating group) is 1. The number of carboxylic acids is 1. The SMILES string of the molecule is C#CC[N+](C)(C)CC(=C)C(=O)O. The minimum Gasteiger partial charge on any atom is -0.478 e. The fourth-order valence-corrected chi connectivity index (χ4v) is 0.887. The van der Waals surface area contributed by atoms with Crippen molar-refractivity contribution in [1.82, 2.24) is 0 Å². The molecular formula is C9H14NO2+. The van der Waals surface area contributed by atoms with Crippen LogP contribution in [0.25, 0.3) is 0 Å². The number of quaternary nitrogens is 1. The first-order valence-corrected chi connectivity index (χ1v) is 3.55. The van der Waals surface area contributed by atoms with Gasteiger partial charge in [0.05, 0.1) is 19.7 Å². The molecule has 0 rings (SSSR count). The molecule has 0 saturated heterocycles. The Morgan fingerprint density at radius 1 is 1.67 bits per heavy atom. The van der Waals surface area contributed by atoms with Crippen molar-refractivity contribution in [3.63, 3.8) is 0 Å². The monoisotopic (exact) mass is 168 g/mol. The van der Waals surface area contributed by atoms with Crippen LogP contribution in [0.2, 0.25) is 0 Å². The molecular weight excluding hydrogens is 154 g/mol. The average Bonchev–Trinajstić information content (AvgIpc) is 1.85. The Balaban J connectivity index is 4.17. The van der Waals surface area contributed by atoms with E-state index in [-0.39, 0.29) is 5.57 Å². The number of aliphatic carboxylic acids is 1. The second-order valence-corrected chi connectivity index (χ2v) is 3.36. The first-order chi connectivity index (χ1) is 5.39. The maximum atomic E-state index is 10.4. The molecule has 1 N–H and O–H groups in total. The van der Waals surface area contributed by atoms with Crippen molar-refractivity contribution >= 4 is 5.97 Å². The van der Waals surface area contributed by atoms with Crippen LogP contribution in [0.15, 0.2) is 12.2 Å². The molecule has 0 aliphatic heterocycles. The maximum absolute atomic E-state index is 10.4. The van der Waals surface area contributed by atoms with Crippen LogP contribution < -0.4 is 0 Å². The van der Waals surface area contributed by atoms with Crippen LogP contribution in [0.3, 0.4) is 0 Å². The highest BCUT2D eigenvalue weighted by atomic mass is 16.4. The van der Waals surface area contributed by atoms with Crippen molar-refractivity contribution in [1.29, 1.82) is 0 Å². The van der Waals surface area contributed by atoms with Crippen molar-refractivity contribution in [2.45, 2.75) is 0 Å². The molecule has 3 nitrogen and oxygen atoms in total. The van der Waals surface area contributed by atoms with Crippen LogP contribution in [0.1, 0.15) is 0 Å². The third-order valence-corrected chi connectivity index (χ3v) is 1.44. The predicted molar refractivity (Wildman–Crippen MR) is 47.5 cm³/mol. The van der Waals surface area contributed by atoms with Crippen LogP contribution in [0, 0.1) is 12.3 Å². The van der Waals surface area contributed by atoms with E-state index in [0.717, 1.165) is 0 Å². The van der Waals surface area contributed by atoms with Crippen molar-refractivity contribution in [3.8, 4) is 12.3 Å². The molecule has 0 bridgehead atoms. The average molecular weight is 168 g/mol. The smallest absolute Gasteiger partial charge is 0.336 e. The maximum Gasteiger partial charge on any atom is 0.336 e. The van der Waals surface area contributed by atoms with Gasteiger partial charge in [-0.2, -0.15) is 0 Å². The van der Waals surface area contributed by atoms with E-state index >= 15 is 0 Å². The number of hydrogen-bond acceptors (Lipinski definition) is 1. The predicted octanol–water partition coefficient (Wildman–Crippen LogP) is 0.337. The quantitative estimate of drug-likeness (QED) is 0.373. The molecule has 0 amide bonds. The van der Waals surface area contributed by atoms with Gasteiger partial charge in [-0.3, -0.25) is 0 Å². The number of carbonyl (C=O) groups is 1. The van der Waals surface area contributed by atoms with E-state index in [1.807, 2.05) is 14.1 Å². The summed E-state index contributed by atoms with van der Waals surface area (Å²) in [5.41, 5.74) is 0.190. The highest BCUT2D eigenvalue weighted by Crippen LogP contribution is 2.02. The van der Waals surface area contributed by atoms with Gasteiger partial charge in [0, 0.05) is 0 Å². The summed E-state index contributed by atoms with van der Waals surface area (Å²) in [6.07, 6.45) is 5.12. The Bertz CT molecular complexity index is 235. The summed E-state index contributed by atoms with van der Waals surface area (Å²) in [7, 11) is 3.74. The minimum absolute atomic E-state index is 0.190. The third-order valence-electron chi connectivity index (χ3n) is 1.44. The zero-order valence-corrected chi connectivity index (χ0v) is 7.50. The van der Waals surface area contributed by atoms with E-state index in [0.29, 0.717) is 17.6 Å². The molecule has 0 fully saturated rings. The molecule has 12 heavy (non-hydrogen) atoms. The van der Waals surface area contributed by atoms with Crippen LogP contribution in [-0.4, -0.2) is 42.7 Å². The summed E-state index contributed by atoms with van der Waals surface area (Å²) in [4.78, 5) is 10.4. The molecule has 3 heteroatoms. The van der Waals surface area contributed by atoms with Gasteiger partial charge in [0.15, 0.2) is 0 Å². The molecule has 0 spiro atoms. The molecule has 0 aromatic rings. The van der Waals surface area contributed by atoms with Crippen LogP contribution >= 0.6 is 0 Å². The molecule has 0 aliphatic carbocycles. The van der Waals surface area contributed by atoms with Crippen LogP contribution in [0.4, 0.5) is 0 Å². The molecule has 0 atom stereocenters. The van der Waals surface area contributed by atoms with Gasteiger partial charge in [-0.1, -0.05) is 6.58 Å². The van der Waals surface area contributed by atoms with Gasteiger partial charge >= 0.3 is 5.97 Å². The van der Waals surface area contributed by atoms with E-state index in [2.05, 4.69) is 12.5 Å². The largest absolute Gasteiger partial charge is 0.478 e. The summed E-state index contributed by atoms with van der Waals surface area (Å²) in [6, 6.07) is 0. The summed E-state index contributed by atoms with van der Waals surface area (Å²) in [6.45, 7) is 4.32. The lowest BCUT2D eigenvalue weighted by atomic mass is 10.2. The molecule has 0 radical (unpaired) electrons. The second-order valence-electron chi connectivity index (χ2n) is 3.36. The third kappa shape index (κ3) is 3.79. The van der Waals surface area contributed by atoms with E-state index < -0.39 is 5.97 Å². The molecule has 0 aliphatic rings. The number of carboxylic acid groups (broad SMARTS) is 1. The fraction of sp³-hybridized carbons (Fsp3) is 0.444. The lowest BCUT2D eigenvalue weighted by Crippen LogP contribution is -2.42. The van der Waals surface area contributed by atoms with Gasteiger partial charge < -0.3 is 9.59 Å². The van der Waals surface area contributed by atoms with Crippen molar-refractivity contribution < 1.29 is 14.4 Å². The van der Waals surface area contributed by atoms with Gasteiger partial charge in [-0.25, -0.2) is 4.79 Å². The molecule has 0 aromatic heterocycles. The van der Waals surface area contributed by atoms with Gasteiger partial charge in [-0.15, -0.1) is 6.42 Å². The summed E-state index contributed by atoms with van der Waals surface area (Å²) < 4.78 is 0.460. The molecule has 0 unspecified atom stereocenters. The second kappa shape index (κ2) is 3.93. The standard InChI is InChI=1S/C9H13NO2/c1-5-6-10(3,4)7-8(2)9(11)12/h1H,2,6-7H2,3-4H3/p+1. The van der Waals surface area contributed by atoms with Gasteiger partial charge in [0.2, 0.25) is 0 Å². The lowest BCUT2D eigenvalue weighted by molar-refractivity contribution is -0.878. The highest BCUT2D eigenvalue weighted by Gasteiger charge is 2.18.